The van der Waals surface area contributed by atoms with Crippen LogP contribution in [0, 0.1) is 11.3 Å². The van der Waals surface area contributed by atoms with Crippen LogP contribution < -0.4 is 4.90 Å². The van der Waals surface area contributed by atoms with E-state index in [9.17, 15) is 5.11 Å². The van der Waals surface area contributed by atoms with Crippen molar-refractivity contribution in [2.75, 3.05) is 18.0 Å². The quantitative estimate of drug-likeness (QED) is 0.867. The van der Waals surface area contributed by atoms with Crippen LogP contribution in [0.4, 0.5) is 5.69 Å². The van der Waals surface area contributed by atoms with Gasteiger partial charge in [0.25, 0.3) is 0 Å². The van der Waals surface area contributed by atoms with Gasteiger partial charge in [0, 0.05) is 23.2 Å². The van der Waals surface area contributed by atoms with E-state index in [0.717, 1.165) is 42.5 Å². The molecule has 2 rings (SSSR count). The van der Waals surface area contributed by atoms with Crippen molar-refractivity contribution >= 4 is 21.6 Å². The third-order valence-electron chi connectivity index (χ3n) is 3.44. The topological polar surface area (TPSA) is 47.3 Å². The summed E-state index contributed by atoms with van der Waals surface area (Å²) in [6.45, 7) is 3.66. The Morgan fingerprint density at radius 3 is 2.83 bits per heavy atom. The van der Waals surface area contributed by atoms with Crippen LogP contribution in [0.25, 0.3) is 0 Å². The first-order valence-electron chi connectivity index (χ1n) is 6.18. The summed E-state index contributed by atoms with van der Waals surface area (Å²) in [5, 5.41) is 19.1. The number of rotatable bonds is 1. The number of hydrogen-bond donors (Lipinski definition) is 1. The Balaban J connectivity index is 2.21. The molecule has 1 heterocycles. The van der Waals surface area contributed by atoms with Gasteiger partial charge in [-0.05, 0) is 44.4 Å². The number of benzene rings is 1. The lowest BCUT2D eigenvalue weighted by Crippen LogP contribution is -2.28. The van der Waals surface area contributed by atoms with Crippen LogP contribution >= 0.6 is 15.9 Å². The molecule has 0 aromatic heterocycles. The van der Waals surface area contributed by atoms with E-state index in [4.69, 9.17) is 5.26 Å². The van der Waals surface area contributed by atoms with Crippen molar-refractivity contribution in [2.24, 2.45) is 0 Å². The highest BCUT2D eigenvalue weighted by Crippen LogP contribution is 2.28. The molecule has 3 nitrogen and oxygen atoms in total. The summed E-state index contributed by atoms with van der Waals surface area (Å²) < 4.78 is 0.924. The van der Waals surface area contributed by atoms with Gasteiger partial charge in [0.15, 0.2) is 0 Å². The Bertz CT molecular complexity index is 479. The van der Waals surface area contributed by atoms with Gasteiger partial charge in [-0.3, -0.25) is 0 Å². The van der Waals surface area contributed by atoms with Gasteiger partial charge in [-0.15, -0.1) is 0 Å². The molecule has 0 spiro atoms. The van der Waals surface area contributed by atoms with E-state index in [1.807, 2.05) is 25.1 Å². The first-order valence-corrected chi connectivity index (χ1v) is 6.97. The largest absolute Gasteiger partial charge is 0.390 e. The second-order valence-corrected chi connectivity index (χ2v) is 6.06. The van der Waals surface area contributed by atoms with E-state index in [0.29, 0.717) is 5.56 Å². The van der Waals surface area contributed by atoms with E-state index >= 15 is 0 Å². The molecule has 96 valence electrons. The normalized spacial score (nSPS) is 24.4. The molecule has 0 radical (unpaired) electrons. The van der Waals surface area contributed by atoms with Gasteiger partial charge >= 0.3 is 0 Å². The number of nitrogens with zero attached hydrogens (tertiary/aromatic N) is 2. The van der Waals surface area contributed by atoms with Crippen molar-refractivity contribution in [3.63, 3.8) is 0 Å². The van der Waals surface area contributed by atoms with Gasteiger partial charge in [0.05, 0.1) is 17.2 Å². The lowest BCUT2D eigenvalue weighted by atomic mass is 9.98. The van der Waals surface area contributed by atoms with Gasteiger partial charge in [0.2, 0.25) is 0 Å². The maximum absolute atomic E-state index is 10.1. The predicted molar refractivity (Wildman–Crippen MR) is 75.5 cm³/mol. The molecule has 1 aliphatic heterocycles. The Morgan fingerprint density at radius 1 is 1.33 bits per heavy atom. The number of hydrogen-bond acceptors (Lipinski definition) is 3. The van der Waals surface area contributed by atoms with Crippen LogP contribution in [0.3, 0.4) is 0 Å². The third kappa shape index (κ3) is 3.24. The molecule has 0 amide bonds. The fourth-order valence-electron chi connectivity index (χ4n) is 2.34. The number of aliphatic hydroxyl groups is 1. The smallest absolute Gasteiger partial charge is 0.0992 e. The molecule has 1 N–H and O–H groups in total. The van der Waals surface area contributed by atoms with E-state index in [2.05, 4.69) is 26.9 Å². The maximum atomic E-state index is 10.1. The molecule has 0 aliphatic carbocycles. The van der Waals surface area contributed by atoms with E-state index in [1.165, 1.54) is 0 Å². The zero-order valence-corrected chi connectivity index (χ0v) is 12.1. The van der Waals surface area contributed by atoms with Crippen LogP contribution in [-0.4, -0.2) is 23.8 Å². The lowest BCUT2D eigenvalue weighted by molar-refractivity contribution is 0.0481. The zero-order chi connectivity index (χ0) is 13.2. The van der Waals surface area contributed by atoms with E-state index in [1.54, 1.807) is 0 Å². The van der Waals surface area contributed by atoms with Crippen molar-refractivity contribution in [3.05, 3.63) is 28.2 Å². The minimum absolute atomic E-state index is 0.557. The highest BCUT2D eigenvalue weighted by molar-refractivity contribution is 9.10. The molecule has 1 aromatic rings. The fraction of sp³-hybridized carbons (Fsp3) is 0.500. The molecule has 4 heteroatoms. The Morgan fingerprint density at radius 2 is 2.11 bits per heavy atom. The first kappa shape index (κ1) is 13.4. The van der Waals surface area contributed by atoms with Crippen molar-refractivity contribution < 1.29 is 5.11 Å². The summed E-state index contributed by atoms with van der Waals surface area (Å²) in [5.41, 5.74) is 1.16. The van der Waals surface area contributed by atoms with Gasteiger partial charge < -0.3 is 10.0 Å². The predicted octanol–water partition coefficient (Wildman–Crippen LogP) is 3.06. The lowest BCUT2D eigenvalue weighted by Gasteiger charge is -2.24. The van der Waals surface area contributed by atoms with Crippen LogP contribution in [0.2, 0.25) is 0 Å². The van der Waals surface area contributed by atoms with Crippen LogP contribution in [0.15, 0.2) is 22.7 Å². The van der Waals surface area contributed by atoms with Crippen LogP contribution in [0.5, 0.6) is 0 Å². The Kier molecular flexibility index (Phi) is 3.94. The summed E-state index contributed by atoms with van der Waals surface area (Å²) in [6, 6.07) is 7.93. The molecule has 1 unspecified atom stereocenters. The molecule has 1 aliphatic rings. The summed E-state index contributed by atoms with van der Waals surface area (Å²) in [6.07, 6.45) is 2.57. The summed E-state index contributed by atoms with van der Waals surface area (Å²) in [4.78, 5) is 2.24. The molecule has 1 fully saturated rings. The van der Waals surface area contributed by atoms with E-state index in [-0.39, 0.29) is 0 Å². The average molecular weight is 309 g/mol. The Hall–Kier alpha value is -1.05. The zero-order valence-electron chi connectivity index (χ0n) is 10.5. The Labute approximate surface area is 116 Å². The van der Waals surface area contributed by atoms with Gasteiger partial charge in [-0.2, -0.15) is 5.26 Å². The van der Waals surface area contributed by atoms with Gasteiger partial charge in [-0.1, -0.05) is 15.9 Å². The van der Waals surface area contributed by atoms with Crippen molar-refractivity contribution in [2.45, 2.75) is 31.8 Å². The fourth-order valence-corrected chi connectivity index (χ4v) is 2.82. The third-order valence-corrected chi connectivity index (χ3v) is 3.90. The average Bonchev–Trinajstić information content (AvgIpc) is 2.49. The molecular formula is C14H17BrN2O. The second-order valence-electron chi connectivity index (χ2n) is 5.15. The number of nitriles is 1. The van der Waals surface area contributed by atoms with E-state index < -0.39 is 5.60 Å². The highest BCUT2D eigenvalue weighted by Gasteiger charge is 2.25. The molecule has 0 bridgehead atoms. The molecular weight excluding hydrogens is 292 g/mol. The standard InChI is InChI=1S/C14H17BrN2O/c1-14(18)3-2-5-17(6-4-14)13-8-11(10-16)7-12(15)9-13/h7-9,18H,2-6H2,1H3. The van der Waals surface area contributed by atoms with Crippen molar-refractivity contribution in [3.8, 4) is 6.07 Å². The van der Waals surface area contributed by atoms with Crippen LogP contribution in [-0.2, 0) is 0 Å². The van der Waals surface area contributed by atoms with Crippen molar-refractivity contribution in [1.82, 2.24) is 0 Å². The minimum Gasteiger partial charge on any atom is -0.390 e. The molecule has 18 heavy (non-hydrogen) atoms. The monoisotopic (exact) mass is 308 g/mol. The summed E-state index contributed by atoms with van der Waals surface area (Å²) in [7, 11) is 0. The molecule has 1 atom stereocenters. The summed E-state index contributed by atoms with van der Waals surface area (Å²) in [5.74, 6) is 0. The van der Waals surface area contributed by atoms with Gasteiger partial charge in [-0.25, -0.2) is 0 Å². The molecule has 1 aromatic carbocycles. The summed E-state index contributed by atoms with van der Waals surface area (Å²) >= 11 is 3.44. The van der Waals surface area contributed by atoms with Gasteiger partial charge in [0.1, 0.15) is 0 Å². The molecule has 0 saturated carbocycles. The first-order chi connectivity index (χ1) is 8.50. The number of halogens is 1. The minimum atomic E-state index is -0.557. The van der Waals surface area contributed by atoms with Crippen LogP contribution in [0.1, 0.15) is 31.7 Å². The van der Waals surface area contributed by atoms with Crippen molar-refractivity contribution in [1.29, 1.82) is 5.26 Å². The molecule has 1 saturated heterocycles. The maximum Gasteiger partial charge on any atom is 0.0992 e. The second kappa shape index (κ2) is 5.29. The highest BCUT2D eigenvalue weighted by atomic mass is 79.9. The number of anilines is 1. The SMILES string of the molecule is CC1(O)CCCN(c2cc(Br)cc(C#N)c2)CC1.